The predicted octanol–water partition coefficient (Wildman–Crippen LogP) is 2.47. The van der Waals surface area contributed by atoms with Gasteiger partial charge in [-0.3, -0.25) is 4.68 Å². The van der Waals surface area contributed by atoms with Crippen LogP contribution >= 0.6 is 11.6 Å². The zero-order chi connectivity index (χ0) is 15.7. The Balaban J connectivity index is 1.76. The summed E-state index contributed by atoms with van der Waals surface area (Å²) in [5.41, 5.74) is 1.65. The largest absolute Gasteiger partial charge is 0.306 e. The van der Waals surface area contributed by atoms with Crippen LogP contribution in [0.5, 0.6) is 0 Å². The van der Waals surface area contributed by atoms with Gasteiger partial charge in [-0.1, -0.05) is 16.8 Å². The van der Waals surface area contributed by atoms with Gasteiger partial charge < -0.3 is 5.32 Å². The van der Waals surface area contributed by atoms with E-state index in [1.165, 1.54) is 4.68 Å². The number of hydrogen-bond acceptors (Lipinski definition) is 4. The lowest BCUT2D eigenvalue weighted by Gasteiger charge is -2.09. The van der Waals surface area contributed by atoms with E-state index in [4.69, 9.17) is 16.9 Å². The summed E-state index contributed by atoms with van der Waals surface area (Å²) in [5, 5.41) is 19.9. The highest BCUT2D eigenvalue weighted by Crippen LogP contribution is 2.28. The lowest BCUT2D eigenvalue weighted by Crippen LogP contribution is -2.27. The molecule has 1 fully saturated rings. The van der Waals surface area contributed by atoms with E-state index in [0.29, 0.717) is 28.4 Å². The number of alkyl halides is 2. The SMILES string of the molecule is N#Cc1ccc(-c2cn(C[C@@H]3CC(F)(F)CN3)nn2)c(Cl)c1. The molecule has 0 aliphatic carbocycles. The zero-order valence-corrected chi connectivity index (χ0v) is 12.2. The van der Waals surface area contributed by atoms with E-state index in [1.54, 1.807) is 24.4 Å². The van der Waals surface area contributed by atoms with Crippen molar-refractivity contribution in [2.24, 2.45) is 0 Å². The molecule has 1 aromatic heterocycles. The summed E-state index contributed by atoms with van der Waals surface area (Å²) >= 11 is 6.12. The Bertz CT molecular complexity index is 737. The van der Waals surface area contributed by atoms with Crippen LogP contribution in [0, 0.1) is 11.3 Å². The van der Waals surface area contributed by atoms with Crippen molar-refractivity contribution in [3.8, 4) is 17.3 Å². The molecule has 114 valence electrons. The first-order valence-electron chi connectivity index (χ1n) is 6.68. The molecule has 0 radical (unpaired) electrons. The van der Waals surface area contributed by atoms with E-state index in [1.807, 2.05) is 6.07 Å². The molecule has 1 saturated heterocycles. The van der Waals surface area contributed by atoms with Crippen LogP contribution < -0.4 is 5.32 Å². The van der Waals surface area contributed by atoms with Gasteiger partial charge >= 0.3 is 0 Å². The maximum atomic E-state index is 13.1. The van der Waals surface area contributed by atoms with Gasteiger partial charge in [-0.05, 0) is 18.2 Å². The molecular weight excluding hydrogens is 312 g/mol. The summed E-state index contributed by atoms with van der Waals surface area (Å²) in [6.07, 6.45) is 1.45. The molecule has 0 unspecified atom stereocenters. The van der Waals surface area contributed by atoms with Crippen molar-refractivity contribution >= 4 is 11.6 Å². The van der Waals surface area contributed by atoms with Gasteiger partial charge in [0.1, 0.15) is 5.69 Å². The second-order valence-electron chi connectivity index (χ2n) is 5.27. The highest BCUT2D eigenvalue weighted by Gasteiger charge is 2.39. The number of hydrogen-bond donors (Lipinski definition) is 1. The summed E-state index contributed by atoms with van der Waals surface area (Å²) in [7, 11) is 0. The standard InChI is InChI=1S/C14H12ClF2N5/c15-12-3-9(5-18)1-2-11(12)13-7-22(21-20-13)6-10-4-14(16,17)8-19-10/h1-3,7,10,19H,4,6,8H2/t10-/m0/s1. The first-order valence-corrected chi connectivity index (χ1v) is 7.06. The van der Waals surface area contributed by atoms with Crippen molar-refractivity contribution < 1.29 is 8.78 Å². The first-order chi connectivity index (χ1) is 10.5. The highest BCUT2D eigenvalue weighted by molar-refractivity contribution is 6.33. The Morgan fingerprint density at radius 2 is 2.32 bits per heavy atom. The topological polar surface area (TPSA) is 66.5 Å². The molecule has 1 aliphatic heterocycles. The van der Waals surface area contributed by atoms with Crippen LogP contribution in [0.3, 0.4) is 0 Å². The summed E-state index contributed by atoms with van der Waals surface area (Å²) in [6.45, 7) is 0.0111. The van der Waals surface area contributed by atoms with Gasteiger partial charge in [0.15, 0.2) is 0 Å². The van der Waals surface area contributed by atoms with Crippen molar-refractivity contribution in [2.75, 3.05) is 6.54 Å². The predicted molar refractivity (Wildman–Crippen MR) is 76.5 cm³/mol. The van der Waals surface area contributed by atoms with Crippen LogP contribution in [0.2, 0.25) is 5.02 Å². The Morgan fingerprint density at radius 1 is 1.50 bits per heavy atom. The molecular formula is C14H12ClF2N5. The van der Waals surface area contributed by atoms with Crippen LogP contribution in [-0.2, 0) is 6.54 Å². The smallest absolute Gasteiger partial charge is 0.261 e. The maximum absolute atomic E-state index is 13.1. The van der Waals surface area contributed by atoms with Crippen LogP contribution in [0.4, 0.5) is 8.78 Å². The number of halogens is 3. The van der Waals surface area contributed by atoms with E-state index in [0.717, 1.165) is 0 Å². The van der Waals surface area contributed by atoms with E-state index in [-0.39, 0.29) is 19.0 Å². The molecule has 0 bridgehead atoms. The molecule has 1 aromatic carbocycles. The van der Waals surface area contributed by atoms with Crippen molar-refractivity contribution in [3.05, 3.63) is 35.0 Å². The Kier molecular flexibility index (Phi) is 3.81. The van der Waals surface area contributed by atoms with Crippen LogP contribution in [0.15, 0.2) is 24.4 Å². The molecule has 1 atom stereocenters. The third kappa shape index (κ3) is 3.08. The fourth-order valence-corrected chi connectivity index (χ4v) is 2.73. The molecule has 0 spiro atoms. The highest BCUT2D eigenvalue weighted by atomic mass is 35.5. The normalized spacial score (nSPS) is 20.0. The van der Waals surface area contributed by atoms with Gasteiger partial charge in [0.25, 0.3) is 5.92 Å². The summed E-state index contributed by atoms with van der Waals surface area (Å²) in [6, 6.07) is 6.55. The molecule has 2 aromatic rings. The average Bonchev–Trinajstić information content (AvgIpc) is 3.05. The van der Waals surface area contributed by atoms with Gasteiger partial charge in [-0.15, -0.1) is 5.10 Å². The molecule has 5 nitrogen and oxygen atoms in total. The number of benzene rings is 1. The zero-order valence-electron chi connectivity index (χ0n) is 11.4. The lowest BCUT2D eigenvalue weighted by atomic mass is 10.1. The third-order valence-corrected chi connectivity index (χ3v) is 3.83. The maximum Gasteiger partial charge on any atom is 0.261 e. The lowest BCUT2D eigenvalue weighted by molar-refractivity contribution is 0.0205. The molecule has 1 N–H and O–H groups in total. The van der Waals surface area contributed by atoms with Crippen LogP contribution in [-0.4, -0.2) is 33.5 Å². The molecule has 1 aliphatic rings. The van der Waals surface area contributed by atoms with Crippen LogP contribution in [0.25, 0.3) is 11.3 Å². The molecule has 0 amide bonds. The Labute approximate surface area is 130 Å². The minimum atomic E-state index is -2.66. The Morgan fingerprint density at radius 3 is 2.95 bits per heavy atom. The van der Waals surface area contributed by atoms with Crippen molar-refractivity contribution in [2.45, 2.75) is 24.9 Å². The van der Waals surface area contributed by atoms with Gasteiger partial charge in [0.05, 0.1) is 35.9 Å². The minimum absolute atomic E-state index is 0.209. The Hall–Kier alpha value is -2.04. The summed E-state index contributed by atoms with van der Waals surface area (Å²) in [5.74, 6) is -2.66. The van der Waals surface area contributed by atoms with Gasteiger partial charge in [-0.25, -0.2) is 8.78 Å². The minimum Gasteiger partial charge on any atom is -0.306 e. The third-order valence-electron chi connectivity index (χ3n) is 3.51. The van der Waals surface area contributed by atoms with Crippen molar-refractivity contribution in [3.63, 3.8) is 0 Å². The number of rotatable bonds is 3. The summed E-state index contributed by atoms with van der Waals surface area (Å²) < 4.78 is 27.8. The van der Waals surface area contributed by atoms with Gasteiger partial charge in [0.2, 0.25) is 0 Å². The fourth-order valence-electron chi connectivity index (χ4n) is 2.46. The van der Waals surface area contributed by atoms with Crippen molar-refractivity contribution in [1.82, 2.24) is 20.3 Å². The number of aromatic nitrogens is 3. The number of nitrogens with one attached hydrogen (secondary N) is 1. The van der Waals surface area contributed by atoms with E-state index in [2.05, 4.69) is 15.6 Å². The molecule has 22 heavy (non-hydrogen) atoms. The van der Waals surface area contributed by atoms with Gasteiger partial charge in [-0.2, -0.15) is 5.26 Å². The van der Waals surface area contributed by atoms with E-state index in [9.17, 15) is 8.78 Å². The number of nitrogens with zero attached hydrogens (tertiary/aromatic N) is 4. The molecule has 0 saturated carbocycles. The second-order valence-corrected chi connectivity index (χ2v) is 5.68. The summed E-state index contributed by atoms with van der Waals surface area (Å²) in [4.78, 5) is 0. The average molecular weight is 324 g/mol. The van der Waals surface area contributed by atoms with Gasteiger partial charge in [0, 0.05) is 18.0 Å². The molecule has 2 heterocycles. The van der Waals surface area contributed by atoms with Crippen molar-refractivity contribution in [1.29, 1.82) is 5.26 Å². The monoisotopic (exact) mass is 323 g/mol. The van der Waals surface area contributed by atoms with E-state index < -0.39 is 5.92 Å². The van der Waals surface area contributed by atoms with E-state index >= 15 is 0 Å². The fraction of sp³-hybridized carbons (Fsp3) is 0.357. The molecule has 8 heteroatoms. The van der Waals surface area contributed by atoms with Crippen LogP contribution in [0.1, 0.15) is 12.0 Å². The number of nitriles is 1. The first kappa shape index (κ1) is 14.9. The quantitative estimate of drug-likeness (QED) is 0.942. The second kappa shape index (κ2) is 5.63. The molecule has 3 rings (SSSR count).